The number of hydrogen-bond acceptors (Lipinski definition) is 5. The zero-order valence-electron chi connectivity index (χ0n) is 10.6. The molecule has 0 aliphatic heterocycles. The molecule has 0 amide bonds. The predicted molar refractivity (Wildman–Crippen MR) is 76.0 cm³/mol. The van der Waals surface area contributed by atoms with Crippen molar-refractivity contribution in [1.82, 2.24) is 0 Å². The lowest BCUT2D eigenvalue weighted by atomic mass is 10.3. The second-order valence-corrected chi connectivity index (χ2v) is 6.59. The summed E-state index contributed by atoms with van der Waals surface area (Å²) in [6.45, 7) is 0.282. The smallest absolute Gasteiger partial charge is 0.262 e. The van der Waals surface area contributed by atoms with E-state index in [9.17, 15) is 12.8 Å². The first-order valence-corrected chi connectivity index (χ1v) is 7.96. The molecule has 0 fully saturated rings. The summed E-state index contributed by atoms with van der Waals surface area (Å²) in [4.78, 5) is 0.897. The minimum atomic E-state index is -3.71. The zero-order valence-corrected chi connectivity index (χ0v) is 12.2. The van der Waals surface area contributed by atoms with Crippen LogP contribution in [-0.2, 0) is 16.6 Å². The molecule has 20 heavy (non-hydrogen) atoms. The number of benzene rings is 1. The Bertz CT molecular complexity index is 713. The summed E-state index contributed by atoms with van der Waals surface area (Å²) in [5, 5.41) is 1.51. The molecule has 1 aromatic carbocycles. The Labute approximate surface area is 120 Å². The second kappa shape index (κ2) is 5.78. The molecule has 1 heterocycles. The van der Waals surface area contributed by atoms with E-state index < -0.39 is 15.8 Å². The van der Waals surface area contributed by atoms with Gasteiger partial charge in [-0.15, -0.1) is 11.3 Å². The van der Waals surface area contributed by atoms with Crippen LogP contribution in [0.1, 0.15) is 4.88 Å². The monoisotopic (exact) mass is 316 g/mol. The summed E-state index contributed by atoms with van der Waals surface area (Å²) in [6, 6.07) is 5.25. The van der Waals surface area contributed by atoms with Crippen molar-refractivity contribution in [3.8, 4) is 5.75 Å². The molecular formula is C12H13FN2O3S2. The third-order valence-corrected chi connectivity index (χ3v) is 5.01. The number of nitrogens with one attached hydrogen (secondary N) is 1. The van der Waals surface area contributed by atoms with Crippen molar-refractivity contribution in [2.75, 3.05) is 11.8 Å². The summed E-state index contributed by atoms with van der Waals surface area (Å²) in [5.74, 6) is -0.588. The van der Waals surface area contributed by atoms with Gasteiger partial charge in [0.05, 0.1) is 17.7 Å². The number of thiophene rings is 1. The van der Waals surface area contributed by atoms with Crippen LogP contribution in [-0.4, -0.2) is 15.5 Å². The van der Waals surface area contributed by atoms with Crippen molar-refractivity contribution in [2.24, 2.45) is 5.73 Å². The summed E-state index contributed by atoms with van der Waals surface area (Å²) < 4.78 is 44.7. The molecule has 0 saturated carbocycles. The molecule has 0 saturated heterocycles. The van der Waals surface area contributed by atoms with E-state index in [4.69, 9.17) is 10.5 Å². The Morgan fingerprint density at radius 3 is 2.75 bits per heavy atom. The van der Waals surface area contributed by atoms with Crippen LogP contribution >= 0.6 is 11.3 Å². The van der Waals surface area contributed by atoms with E-state index in [-0.39, 0.29) is 22.9 Å². The third kappa shape index (κ3) is 3.09. The molecule has 0 atom stereocenters. The normalized spacial score (nSPS) is 11.3. The van der Waals surface area contributed by atoms with Crippen LogP contribution in [0.15, 0.2) is 34.5 Å². The van der Waals surface area contributed by atoms with E-state index in [1.807, 2.05) is 0 Å². The average molecular weight is 316 g/mol. The third-order valence-electron chi connectivity index (χ3n) is 2.54. The SMILES string of the molecule is COc1cc(NS(=O)(=O)c2csc(CN)c2)ccc1F. The van der Waals surface area contributed by atoms with E-state index >= 15 is 0 Å². The number of rotatable bonds is 5. The maximum Gasteiger partial charge on any atom is 0.262 e. The Morgan fingerprint density at radius 2 is 2.15 bits per heavy atom. The molecule has 0 spiro atoms. The van der Waals surface area contributed by atoms with E-state index in [0.29, 0.717) is 0 Å². The second-order valence-electron chi connectivity index (χ2n) is 3.91. The van der Waals surface area contributed by atoms with Gasteiger partial charge in [0.25, 0.3) is 10.0 Å². The molecule has 1 aromatic heterocycles. The van der Waals surface area contributed by atoms with E-state index in [1.165, 1.54) is 42.0 Å². The van der Waals surface area contributed by atoms with Crippen molar-refractivity contribution in [3.05, 3.63) is 40.3 Å². The molecule has 0 bridgehead atoms. The Morgan fingerprint density at radius 1 is 1.40 bits per heavy atom. The van der Waals surface area contributed by atoms with Crippen LogP contribution in [0.4, 0.5) is 10.1 Å². The fourth-order valence-electron chi connectivity index (χ4n) is 1.55. The van der Waals surface area contributed by atoms with Crippen LogP contribution in [0, 0.1) is 5.82 Å². The van der Waals surface area contributed by atoms with Crippen molar-refractivity contribution < 1.29 is 17.5 Å². The lowest BCUT2D eigenvalue weighted by Crippen LogP contribution is -2.12. The molecular weight excluding hydrogens is 303 g/mol. The minimum absolute atomic E-state index is 0.0295. The van der Waals surface area contributed by atoms with E-state index in [1.54, 1.807) is 0 Å². The van der Waals surface area contributed by atoms with Gasteiger partial charge in [-0.1, -0.05) is 0 Å². The first-order chi connectivity index (χ1) is 9.46. The molecule has 0 aliphatic carbocycles. The van der Waals surface area contributed by atoms with Gasteiger partial charge in [0.15, 0.2) is 11.6 Å². The van der Waals surface area contributed by atoms with Gasteiger partial charge in [-0.2, -0.15) is 0 Å². The standard InChI is InChI=1S/C12H13FN2O3S2/c1-18-12-4-8(2-3-11(12)13)15-20(16,17)10-5-9(6-14)19-7-10/h2-5,7,15H,6,14H2,1H3. The summed E-state index contributed by atoms with van der Waals surface area (Å²) in [5.41, 5.74) is 5.68. The topological polar surface area (TPSA) is 81.4 Å². The van der Waals surface area contributed by atoms with E-state index in [0.717, 1.165) is 10.9 Å². The van der Waals surface area contributed by atoms with Gasteiger partial charge < -0.3 is 10.5 Å². The molecule has 2 aromatic rings. The van der Waals surface area contributed by atoms with Crippen molar-refractivity contribution in [2.45, 2.75) is 11.4 Å². The summed E-state index contributed by atoms with van der Waals surface area (Å²) in [7, 11) is -2.40. The minimum Gasteiger partial charge on any atom is -0.494 e. The number of methoxy groups -OCH3 is 1. The van der Waals surface area contributed by atoms with Crippen LogP contribution in [0.3, 0.4) is 0 Å². The van der Waals surface area contributed by atoms with Gasteiger partial charge in [-0.05, 0) is 18.2 Å². The van der Waals surface area contributed by atoms with Crippen molar-refractivity contribution in [1.29, 1.82) is 0 Å². The Hall–Kier alpha value is -1.64. The summed E-state index contributed by atoms with van der Waals surface area (Å²) in [6.07, 6.45) is 0. The molecule has 0 aliphatic rings. The fourth-order valence-corrected chi connectivity index (χ4v) is 3.75. The Balaban J connectivity index is 2.28. The van der Waals surface area contributed by atoms with E-state index in [2.05, 4.69) is 4.72 Å². The number of hydrogen-bond donors (Lipinski definition) is 2. The van der Waals surface area contributed by atoms with Crippen LogP contribution in [0.2, 0.25) is 0 Å². The molecule has 3 N–H and O–H groups in total. The quantitative estimate of drug-likeness (QED) is 0.885. The molecule has 2 rings (SSSR count). The molecule has 0 radical (unpaired) electrons. The highest BCUT2D eigenvalue weighted by Crippen LogP contribution is 2.25. The van der Waals surface area contributed by atoms with Crippen molar-refractivity contribution in [3.63, 3.8) is 0 Å². The highest BCUT2D eigenvalue weighted by atomic mass is 32.2. The number of sulfonamides is 1. The number of anilines is 1. The summed E-state index contributed by atoms with van der Waals surface area (Å²) >= 11 is 1.27. The lowest BCUT2D eigenvalue weighted by molar-refractivity contribution is 0.387. The average Bonchev–Trinajstić information content (AvgIpc) is 2.90. The maximum atomic E-state index is 13.3. The van der Waals surface area contributed by atoms with Gasteiger partial charge in [-0.3, -0.25) is 4.72 Å². The van der Waals surface area contributed by atoms with Gasteiger partial charge in [0.2, 0.25) is 0 Å². The molecule has 5 nitrogen and oxygen atoms in total. The predicted octanol–water partition coefficient (Wildman–Crippen LogP) is 2.16. The largest absolute Gasteiger partial charge is 0.494 e. The van der Waals surface area contributed by atoms with Crippen molar-refractivity contribution >= 4 is 27.0 Å². The fraction of sp³-hybridized carbons (Fsp3) is 0.167. The van der Waals surface area contributed by atoms with Gasteiger partial charge in [0.1, 0.15) is 0 Å². The zero-order chi connectivity index (χ0) is 14.8. The van der Waals surface area contributed by atoms with Crippen LogP contribution in [0.5, 0.6) is 5.75 Å². The van der Waals surface area contributed by atoms with Gasteiger partial charge >= 0.3 is 0 Å². The molecule has 108 valence electrons. The van der Waals surface area contributed by atoms with Gasteiger partial charge in [0, 0.05) is 22.9 Å². The Kier molecular flexibility index (Phi) is 4.26. The van der Waals surface area contributed by atoms with Crippen LogP contribution < -0.4 is 15.2 Å². The maximum absolute atomic E-state index is 13.3. The molecule has 0 unspecified atom stereocenters. The highest BCUT2D eigenvalue weighted by Gasteiger charge is 2.17. The lowest BCUT2D eigenvalue weighted by Gasteiger charge is -2.08. The van der Waals surface area contributed by atoms with Gasteiger partial charge in [-0.25, -0.2) is 12.8 Å². The first-order valence-electron chi connectivity index (χ1n) is 5.60. The molecule has 8 heteroatoms. The first kappa shape index (κ1) is 14.8. The number of nitrogens with two attached hydrogens (primary N) is 1. The highest BCUT2D eigenvalue weighted by molar-refractivity contribution is 7.92. The number of ether oxygens (including phenoxy) is 1. The van der Waals surface area contributed by atoms with Crippen LogP contribution in [0.25, 0.3) is 0 Å². The number of halogens is 1.